The molecule has 1 aromatic rings. The molecule has 0 spiro atoms. The average molecular weight is 289 g/mol. The van der Waals surface area contributed by atoms with Crippen LogP contribution in [-0.4, -0.2) is 47.5 Å². The summed E-state index contributed by atoms with van der Waals surface area (Å²) in [7, 11) is 0. The second kappa shape index (κ2) is 5.81. The highest BCUT2D eigenvalue weighted by molar-refractivity contribution is 5.80. The quantitative estimate of drug-likeness (QED) is 0.862. The lowest BCUT2D eigenvalue weighted by molar-refractivity contribution is -0.130. The molecule has 0 aromatic carbocycles. The number of amides is 2. The van der Waals surface area contributed by atoms with Crippen molar-refractivity contribution < 1.29 is 14.3 Å². The first-order chi connectivity index (χ1) is 10.1. The first kappa shape index (κ1) is 14.0. The molecule has 0 bridgehead atoms. The van der Waals surface area contributed by atoms with Gasteiger partial charge in [0.05, 0.1) is 30.9 Å². The molecular weight excluding hydrogens is 270 g/mol. The van der Waals surface area contributed by atoms with E-state index >= 15 is 0 Å². The van der Waals surface area contributed by atoms with Crippen LogP contribution in [-0.2, 0) is 20.9 Å². The summed E-state index contributed by atoms with van der Waals surface area (Å²) >= 11 is 0. The molecule has 0 saturated carbocycles. The molecule has 3 rings (SSSR count). The predicted octanol–water partition coefficient (Wildman–Crippen LogP) is 0.191. The third-order valence-electron chi connectivity index (χ3n) is 4.27. The monoisotopic (exact) mass is 289 g/mol. The number of hydrogen-bond donors (Lipinski definition) is 1. The number of hydrogen-bond acceptors (Lipinski definition) is 4. The Kier molecular flexibility index (Phi) is 3.88. The molecule has 21 heavy (non-hydrogen) atoms. The summed E-state index contributed by atoms with van der Waals surface area (Å²) in [6.07, 6.45) is 1.71. The molecule has 2 aliphatic rings. The highest BCUT2D eigenvalue weighted by atomic mass is 16.5. The van der Waals surface area contributed by atoms with Crippen molar-refractivity contribution in [1.29, 1.82) is 0 Å². The van der Waals surface area contributed by atoms with Crippen molar-refractivity contribution in [3.05, 3.63) is 30.1 Å². The summed E-state index contributed by atoms with van der Waals surface area (Å²) < 4.78 is 5.67. The minimum Gasteiger partial charge on any atom is -0.375 e. The number of nitrogens with one attached hydrogen (secondary N) is 1. The Labute approximate surface area is 123 Å². The minimum atomic E-state index is -0.178. The number of likely N-dealkylation sites (tertiary alicyclic amines) is 1. The average Bonchev–Trinajstić information content (AvgIpc) is 3.06. The van der Waals surface area contributed by atoms with Gasteiger partial charge in [0.15, 0.2) is 0 Å². The van der Waals surface area contributed by atoms with E-state index in [0.29, 0.717) is 26.2 Å². The number of carbonyl (C=O) groups excluding carboxylic acids is 2. The van der Waals surface area contributed by atoms with Crippen molar-refractivity contribution in [3.63, 3.8) is 0 Å². The Morgan fingerprint density at radius 2 is 2.29 bits per heavy atom. The van der Waals surface area contributed by atoms with Gasteiger partial charge in [0.2, 0.25) is 11.8 Å². The smallest absolute Gasteiger partial charge is 0.226 e. The summed E-state index contributed by atoms with van der Waals surface area (Å²) in [5, 5.41) is 2.91. The third kappa shape index (κ3) is 2.90. The number of carbonyl (C=O) groups is 2. The molecule has 112 valence electrons. The van der Waals surface area contributed by atoms with E-state index < -0.39 is 0 Å². The predicted molar refractivity (Wildman–Crippen MR) is 75.1 cm³/mol. The molecule has 0 radical (unpaired) electrons. The van der Waals surface area contributed by atoms with Crippen LogP contribution in [0.3, 0.4) is 0 Å². The Morgan fingerprint density at radius 3 is 3.00 bits per heavy atom. The number of rotatable bonds is 3. The maximum Gasteiger partial charge on any atom is 0.226 e. The van der Waals surface area contributed by atoms with Gasteiger partial charge in [-0.1, -0.05) is 6.07 Å². The van der Waals surface area contributed by atoms with E-state index in [1.165, 1.54) is 0 Å². The van der Waals surface area contributed by atoms with Gasteiger partial charge in [0, 0.05) is 32.1 Å². The second-order valence-corrected chi connectivity index (χ2v) is 5.61. The molecular formula is C15H19N3O3. The van der Waals surface area contributed by atoms with E-state index in [0.717, 1.165) is 5.69 Å². The van der Waals surface area contributed by atoms with Gasteiger partial charge in [-0.25, -0.2) is 0 Å². The zero-order valence-electron chi connectivity index (χ0n) is 12.0. The standard InChI is InChI=1S/C15H19N3O3/c1-10(19)18-7-12-13(9-21-14(12)8-18)15(20)17-6-11-4-2-3-5-16-11/h2-5,12-14H,6-9H2,1H3,(H,17,20)/t12-,13+,14-/m1/s1. The van der Waals surface area contributed by atoms with Gasteiger partial charge in [-0.05, 0) is 12.1 Å². The summed E-state index contributed by atoms with van der Waals surface area (Å²) in [6, 6.07) is 5.61. The highest BCUT2D eigenvalue weighted by Gasteiger charge is 2.47. The number of nitrogens with zero attached hydrogens (tertiary/aromatic N) is 2. The van der Waals surface area contributed by atoms with Gasteiger partial charge < -0.3 is 15.0 Å². The molecule has 6 nitrogen and oxygen atoms in total. The van der Waals surface area contributed by atoms with E-state index in [9.17, 15) is 9.59 Å². The molecule has 2 saturated heterocycles. The molecule has 3 heterocycles. The van der Waals surface area contributed by atoms with E-state index in [1.807, 2.05) is 18.2 Å². The van der Waals surface area contributed by atoms with Gasteiger partial charge in [-0.3, -0.25) is 14.6 Å². The minimum absolute atomic E-state index is 0.000463. The zero-order chi connectivity index (χ0) is 14.8. The Balaban J connectivity index is 1.57. The maximum absolute atomic E-state index is 12.3. The SMILES string of the molecule is CC(=O)N1C[C@@H]2[C@@H](C(=O)NCc3ccccn3)CO[C@@H]2C1. The van der Waals surface area contributed by atoms with Crippen molar-refractivity contribution in [2.24, 2.45) is 11.8 Å². The molecule has 0 unspecified atom stereocenters. The van der Waals surface area contributed by atoms with E-state index in [1.54, 1.807) is 18.0 Å². The molecule has 6 heteroatoms. The number of ether oxygens (including phenoxy) is 1. The fraction of sp³-hybridized carbons (Fsp3) is 0.533. The molecule has 1 aromatic heterocycles. The molecule has 0 aliphatic carbocycles. The molecule has 3 atom stereocenters. The topological polar surface area (TPSA) is 71.5 Å². The van der Waals surface area contributed by atoms with Crippen molar-refractivity contribution >= 4 is 11.8 Å². The number of aromatic nitrogens is 1. The summed E-state index contributed by atoms with van der Waals surface area (Å²) in [4.78, 5) is 29.7. The molecule has 2 fully saturated rings. The van der Waals surface area contributed by atoms with Gasteiger partial charge in [-0.15, -0.1) is 0 Å². The first-order valence-electron chi connectivity index (χ1n) is 7.20. The third-order valence-corrected chi connectivity index (χ3v) is 4.27. The summed E-state index contributed by atoms with van der Waals surface area (Å²) in [6.45, 7) is 3.63. The fourth-order valence-corrected chi connectivity index (χ4v) is 3.05. The van der Waals surface area contributed by atoms with Crippen LogP contribution in [0.2, 0.25) is 0 Å². The zero-order valence-corrected chi connectivity index (χ0v) is 12.0. The van der Waals surface area contributed by atoms with Crippen molar-refractivity contribution in [2.75, 3.05) is 19.7 Å². The van der Waals surface area contributed by atoms with E-state index in [-0.39, 0.29) is 29.8 Å². The number of pyridine rings is 1. The Morgan fingerprint density at radius 1 is 1.43 bits per heavy atom. The lowest BCUT2D eigenvalue weighted by atomic mass is 9.92. The number of fused-ring (bicyclic) bond motifs is 1. The maximum atomic E-state index is 12.3. The van der Waals surface area contributed by atoms with Crippen LogP contribution < -0.4 is 5.32 Å². The van der Waals surface area contributed by atoms with Crippen LogP contribution in [0.25, 0.3) is 0 Å². The lowest BCUT2D eigenvalue weighted by Gasteiger charge is -2.18. The highest BCUT2D eigenvalue weighted by Crippen LogP contribution is 2.33. The largest absolute Gasteiger partial charge is 0.375 e. The van der Waals surface area contributed by atoms with Crippen LogP contribution in [0.5, 0.6) is 0 Å². The van der Waals surface area contributed by atoms with Gasteiger partial charge >= 0.3 is 0 Å². The summed E-state index contributed by atoms with van der Waals surface area (Å²) in [5.41, 5.74) is 0.832. The van der Waals surface area contributed by atoms with Crippen LogP contribution >= 0.6 is 0 Å². The fourth-order valence-electron chi connectivity index (χ4n) is 3.05. The van der Waals surface area contributed by atoms with Crippen LogP contribution in [0.15, 0.2) is 24.4 Å². The normalized spacial score (nSPS) is 27.5. The van der Waals surface area contributed by atoms with Crippen LogP contribution in [0.4, 0.5) is 0 Å². The van der Waals surface area contributed by atoms with Gasteiger partial charge in [-0.2, -0.15) is 0 Å². The van der Waals surface area contributed by atoms with Crippen molar-refractivity contribution in [1.82, 2.24) is 15.2 Å². The van der Waals surface area contributed by atoms with Crippen LogP contribution in [0, 0.1) is 11.8 Å². The van der Waals surface area contributed by atoms with Crippen molar-refractivity contribution in [2.45, 2.75) is 19.6 Å². The van der Waals surface area contributed by atoms with Gasteiger partial charge in [0.1, 0.15) is 0 Å². The molecule has 2 amide bonds. The Hall–Kier alpha value is -1.95. The first-order valence-corrected chi connectivity index (χ1v) is 7.20. The lowest BCUT2D eigenvalue weighted by Crippen LogP contribution is -2.37. The Bertz CT molecular complexity index is 534. The van der Waals surface area contributed by atoms with E-state index in [2.05, 4.69) is 10.3 Å². The van der Waals surface area contributed by atoms with Crippen molar-refractivity contribution in [3.8, 4) is 0 Å². The summed E-state index contributed by atoms with van der Waals surface area (Å²) in [5.74, 6) is -0.0418. The molecule has 1 N–H and O–H groups in total. The van der Waals surface area contributed by atoms with Crippen LogP contribution in [0.1, 0.15) is 12.6 Å². The van der Waals surface area contributed by atoms with Gasteiger partial charge in [0.25, 0.3) is 0 Å². The van der Waals surface area contributed by atoms with E-state index in [4.69, 9.17) is 4.74 Å². The second-order valence-electron chi connectivity index (χ2n) is 5.61. The molecule has 2 aliphatic heterocycles.